The first-order chi connectivity index (χ1) is 7.25. The summed E-state index contributed by atoms with van der Waals surface area (Å²) in [6.45, 7) is 7.82. The van der Waals surface area contributed by atoms with Gasteiger partial charge >= 0.3 is 0 Å². The van der Waals surface area contributed by atoms with Gasteiger partial charge in [0.25, 0.3) is 0 Å². The lowest BCUT2D eigenvalue weighted by molar-refractivity contribution is -0.119. The van der Waals surface area contributed by atoms with E-state index in [0.29, 0.717) is 19.0 Å². The monoisotopic (exact) mass is 250 g/mol. The Morgan fingerprint density at radius 1 is 1.19 bits per heavy atom. The van der Waals surface area contributed by atoms with Crippen molar-refractivity contribution in [3.63, 3.8) is 0 Å². The zero-order valence-corrected chi connectivity index (χ0v) is 11.2. The van der Waals surface area contributed by atoms with Gasteiger partial charge in [-0.25, -0.2) is 8.42 Å². The van der Waals surface area contributed by atoms with Gasteiger partial charge in [0, 0.05) is 12.5 Å². The highest BCUT2D eigenvalue weighted by atomic mass is 32.2. The number of hydrogen-bond acceptors (Lipinski definition) is 4. The summed E-state index contributed by atoms with van der Waals surface area (Å²) in [4.78, 5) is 11.3. The Balaban J connectivity index is 3.84. The topological polar surface area (TPSA) is 75.3 Å². The maximum atomic E-state index is 11.3. The summed E-state index contributed by atoms with van der Waals surface area (Å²) in [6.07, 6.45) is 0.864. The van der Waals surface area contributed by atoms with Crippen LogP contribution in [0.5, 0.6) is 0 Å². The first-order valence-electron chi connectivity index (χ1n) is 5.53. The molecular formula is C10H22N2O3S. The lowest BCUT2D eigenvalue weighted by atomic mass is 10.3. The Morgan fingerprint density at radius 3 is 2.19 bits per heavy atom. The number of nitrogens with one attached hydrogen (secondary N) is 2. The van der Waals surface area contributed by atoms with Gasteiger partial charge in [-0.3, -0.25) is 9.52 Å². The molecule has 96 valence electrons. The number of hydrogen-bond donors (Lipinski definition) is 2. The van der Waals surface area contributed by atoms with Gasteiger partial charge in [0.1, 0.15) is 0 Å². The van der Waals surface area contributed by atoms with Crippen LogP contribution in [-0.2, 0) is 14.8 Å². The molecule has 2 N–H and O–H groups in total. The van der Waals surface area contributed by atoms with Gasteiger partial charge in [-0.15, -0.1) is 0 Å². The molecule has 0 aliphatic heterocycles. The molecule has 0 aliphatic rings. The fourth-order valence-corrected chi connectivity index (χ4v) is 1.62. The molecule has 0 aromatic carbocycles. The van der Waals surface area contributed by atoms with Gasteiger partial charge < -0.3 is 5.32 Å². The van der Waals surface area contributed by atoms with E-state index >= 15 is 0 Å². The van der Waals surface area contributed by atoms with Crippen LogP contribution in [0.15, 0.2) is 0 Å². The number of rotatable bonds is 7. The van der Waals surface area contributed by atoms with E-state index in [-0.39, 0.29) is 6.42 Å². The van der Waals surface area contributed by atoms with E-state index in [1.165, 1.54) is 13.8 Å². The van der Waals surface area contributed by atoms with Crippen LogP contribution in [0.1, 0.15) is 40.5 Å². The van der Waals surface area contributed by atoms with Crippen molar-refractivity contribution in [2.75, 3.05) is 6.54 Å². The van der Waals surface area contributed by atoms with Crippen molar-refractivity contribution in [1.82, 2.24) is 10.0 Å². The van der Waals surface area contributed by atoms with Crippen molar-refractivity contribution in [3.8, 4) is 0 Å². The van der Waals surface area contributed by atoms with E-state index in [9.17, 15) is 13.2 Å². The zero-order chi connectivity index (χ0) is 12.8. The van der Waals surface area contributed by atoms with Crippen molar-refractivity contribution >= 4 is 15.9 Å². The van der Waals surface area contributed by atoms with Crippen LogP contribution in [0.25, 0.3) is 0 Å². The van der Waals surface area contributed by atoms with E-state index < -0.39 is 21.2 Å². The molecule has 0 unspecified atom stereocenters. The van der Waals surface area contributed by atoms with Crippen LogP contribution in [-0.4, -0.2) is 32.2 Å². The van der Waals surface area contributed by atoms with Gasteiger partial charge in [-0.2, -0.15) is 0 Å². The summed E-state index contributed by atoms with van der Waals surface area (Å²) >= 11 is 0. The van der Waals surface area contributed by atoms with Gasteiger partial charge in [-0.05, 0) is 26.8 Å². The predicted octanol–water partition coefficient (Wildman–Crippen LogP) is 0.619. The van der Waals surface area contributed by atoms with Crippen LogP contribution in [0.4, 0.5) is 0 Å². The molecule has 0 aliphatic carbocycles. The lowest BCUT2D eigenvalue weighted by Crippen LogP contribution is -2.36. The van der Waals surface area contributed by atoms with E-state index in [1.54, 1.807) is 0 Å². The summed E-state index contributed by atoms with van der Waals surface area (Å²) in [5.41, 5.74) is 0. The molecule has 0 aromatic heterocycles. The molecule has 0 heterocycles. The van der Waals surface area contributed by atoms with E-state index in [2.05, 4.69) is 5.32 Å². The molecule has 0 saturated carbocycles. The molecule has 1 amide bonds. The largest absolute Gasteiger partial charge is 0.315 e. The fourth-order valence-electron chi connectivity index (χ4n) is 0.967. The maximum absolute atomic E-state index is 11.3. The summed E-state index contributed by atoms with van der Waals surface area (Å²) in [7, 11) is -3.47. The van der Waals surface area contributed by atoms with Crippen LogP contribution in [0.3, 0.4) is 0 Å². The first-order valence-corrected chi connectivity index (χ1v) is 7.08. The van der Waals surface area contributed by atoms with E-state index in [0.717, 1.165) is 0 Å². The molecule has 0 atom stereocenters. The summed E-state index contributed by atoms with van der Waals surface area (Å²) in [5, 5.41) is 2.58. The Labute approximate surface area is 98.0 Å². The van der Waals surface area contributed by atoms with Crippen molar-refractivity contribution < 1.29 is 13.2 Å². The molecular weight excluding hydrogens is 228 g/mol. The minimum absolute atomic E-state index is 0.228. The fraction of sp³-hybridized carbons (Fsp3) is 0.900. The van der Waals surface area contributed by atoms with Crippen molar-refractivity contribution in [3.05, 3.63) is 0 Å². The normalized spacial score (nSPS) is 12.1. The molecule has 0 aromatic rings. The zero-order valence-electron chi connectivity index (χ0n) is 10.4. The minimum atomic E-state index is -3.47. The Hall–Kier alpha value is -0.620. The Bertz CT molecular complexity index is 310. The van der Waals surface area contributed by atoms with Gasteiger partial charge in [0.05, 0.1) is 5.25 Å². The first kappa shape index (κ1) is 15.4. The highest BCUT2D eigenvalue weighted by molar-refractivity contribution is 7.90. The Morgan fingerprint density at radius 2 is 1.75 bits per heavy atom. The van der Waals surface area contributed by atoms with Crippen LogP contribution >= 0.6 is 0 Å². The average Bonchev–Trinajstić information content (AvgIpc) is 2.11. The molecule has 0 saturated heterocycles. The molecule has 5 nitrogen and oxygen atoms in total. The molecule has 0 bridgehead atoms. The maximum Gasteiger partial charge on any atom is 0.237 e. The average molecular weight is 250 g/mol. The Kier molecular flexibility index (Phi) is 6.59. The van der Waals surface area contributed by atoms with Crippen LogP contribution < -0.4 is 10.0 Å². The molecule has 0 rings (SSSR count). The second kappa shape index (κ2) is 6.85. The highest BCUT2D eigenvalue weighted by Crippen LogP contribution is 1.97. The summed E-state index contributed by atoms with van der Waals surface area (Å²) < 4.78 is 24.7. The lowest BCUT2D eigenvalue weighted by Gasteiger charge is -2.10. The second-order valence-corrected chi connectivity index (χ2v) is 6.57. The molecule has 0 fully saturated rings. The molecule has 0 spiro atoms. The van der Waals surface area contributed by atoms with Gasteiger partial charge in [0.2, 0.25) is 15.9 Å². The number of carbonyl (C=O) groups excluding carboxylic acids is 1. The predicted molar refractivity (Wildman–Crippen MR) is 64.6 cm³/mol. The smallest absolute Gasteiger partial charge is 0.237 e. The van der Waals surface area contributed by atoms with Crippen LogP contribution in [0, 0.1) is 0 Å². The number of sulfonamides is 1. The third-order valence-corrected chi connectivity index (χ3v) is 3.76. The van der Waals surface area contributed by atoms with E-state index in [1.807, 2.05) is 18.6 Å². The molecule has 6 heteroatoms. The van der Waals surface area contributed by atoms with Crippen molar-refractivity contribution in [1.29, 1.82) is 0 Å². The van der Waals surface area contributed by atoms with Gasteiger partial charge in [-0.1, -0.05) is 13.8 Å². The summed E-state index contributed by atoms with van der Waals surface area (Å²) in [5.74, 6) is -0.431. The van der Waals surface area contributed by atoms with E-state index in [4.69, 9.17) is 0 Å². The molecule has 16 heavy (non-hydrogen) atoms. The minimum Gasteiger partial charge on any atom is -0.315 e. The standard InChI is InChI=1S/C10H22N2O3S/c1-8(2)11-7-5-6-10(13)12-16(14,15)9(3)4/h8-9,11H,5-7H2,1-4H3,(H,12,13). The number of amides is 1. The quantitative estimate of drug-likeness (QED) is 0.649. The third-order valence-electron chi connectivity index (χ3n) is 2.01. The van der Waals surface area contributed by atoms with Crippen molar-refractivity contribution in [2.24, 2.45) is 0 Å². The van der Waals surface area contributed by atoms with Gasteiger partial charge in [0.15, 0.2) is 0 Å². The SMILES string of the molecule is CC(C)NCCCC(=O)NS(=O)(=O)C(C)C. The number of carbonyl (C=O) groups is 1. The van der Waals surface area contributed by atoms with Crippen LogP contribution in [0.2, 0.25) is 0 Å². The highest BCUT2D eigenvalue weighted by Gasteiger charge is 2.18. The van der Waals surface area contributed by atoms with Crippen molar-refractivity contribution in [2.45, 2.75) is 51.8 Å². The third kappa shape index (κ3) is 6.79. The summed E-state index contributed by atoms with van der Waals surface area (Å²) in [6, 6.07) is 0.377. The molecule has 0 radical (unpaired) electrons. The second-order valence-electron chi connectivity index (χ2n) is 4.33.